The zero-order valence-electron chi connectivity index (χ0n) is 14.8. The van der Waals surface area contributed by atoms with Gasteiger partial charge < -0.3 is 9.52 Å². The molecular weight excluding hydrogens is 435 g/mol. The number of hydrogen-bond acceptors (Lipinski definition) is 5. The van der Waals surface area contributed by atoms with Gasteiger partial charge in [0.2, 0.25) is 5.91 Å². The normalized spacial score (nSPS) is 11.0. The number of carbonyl (C=O) groups excluding carboxylic acids is 1. The van der Waals surface area contributed by atoms with Gasteiger partial charge in [-0.1, -0.05) is 29.3 Å². The van der Waals surface area contributed by atoms with Crippen molar-refractivity contribution in [3.63, 3.8) is 0 Å². The molecule has 1 heterocycles. The molecule has 0 saturated carbocycles. The van der Waals surface area contributed by atoms with Crippen molar-refractivity contribution in [1.82, 2.24) is 5.43 Å². The van der Waals surface area contributed by atoms with Crippen LogP contribution in [0.5, 0.6) is 0 Å². The van der Waals surface area contributed by atoms with Crippen molar-refractivity contribution in [2.75, 3.05) is 5.75 Å². The summed E-state index contributed by atoms with van der Waals surface area (Å²) in [6.45, 7) is 0. The van der Waals surface area contributed by atoms with Crippen LogP contribution < -0.4 is 5.43 Å². The first-order chi connectivity index (χ1) is 13.9. The van der Waals surface area contributed by atoms with Gasteiger partial charge in [-0.3, -0.25) is 4.79 Å². The van der Waals surface area contributed by atoms with Crippen LogP contribution in [0.2, 0.25) is 10.0 Å². The molecule has 0 radical (unpaired) electrons. The summed E-state index contributed by atoms with van der Waals surface area (Å²) in [6, 6.07) is 15.1. The lowest BCUT2D eigenvalue weighted by Crippen LogP contribution is -2.19. The van der Waals surface area contributed by atoms with Crippen molar-refractivity contribution >= 4 is 53.1 Å². The first kappa shape index (κ1) is 21.0. The third-order valence-electron chi connectivity index (χ3n) is 3.68. The van der Waals surface area contributed by atoms with Crippen LogP contribution in [0.15, 0.2) is 69.0 Å². The van der Waals surface area contributed by atoms with E-state index < -0.39 is 5.97 Å². The van der Waals surface area contributed by atoms with Crippen molar-refractivity contribution in [3.8, 4) is 11.3 Å². The summed E-state index contributed by atoms with van der Waals surface area (Å²) >= 11 is 13.2. The summed E-state index contributed by atoms with van der Waals surface area (Å²) in [5, 5.41) is 13.7. The average molecular weight is 449 g/mol. The Labute approximate surface area is 180 Å². The molecule has 0 atom stereocenters. The molecule has 6 nitrogen and oxygen atoms in total. The number of hydrogen-bond donors (Lipinski definition) is 2. The fraction of sp³-hybridized carbons (Fsp3) is 0.0500. The van der Waals surface area contributed by atoms with Gasteiger partial charge in [-0.05, 0) is 48.5 Å². The third kappa shape index (κ3) is 5.87. The lowest BCUT2D eigenvalue weighted by molar-refractivity contribution is -0.118. The molecule has 0 bridgehead atoms. The van der Waals surface area contributed by atoms with Gasteiger partial charge in [0.15, 0.2) is 0 Å². The zero-order chi connectivity index (χ0) is 20.8. The molecule has 0 spiro atoms. The number of rotatable bonds is 7. The van der Waals surface area contributed by atoms with Crippen molar-refractivity contribution in [3.05, 3.63) is 76.0 Å². The molecule has 148 valence electrons. The summed E-state index contributed by atoms with van der Waals surface area (Å²) < 4.78 is 5.62. The second kappa shape index (κ2) is 9.65. The lowest BCUT2D eigenvalue weighted by atomic mass is 10.1. The van der Waals surface area contributed by atoms with Crippen LogP contribution in [0, 0.1) is 0 Å². The number of nitrogens with one attached hydrogen (secondary N) is 1. The van der Waals surface area contributed by atoms with Crippen molar-refractivity contribution in [1.29, 1.82) is 0 Å². The van der Waals surface area contributed by atoms with Crippen LogP contribution in [-0.2, 0) is 4.79 Å². The van der Waals surface area contributed by atoms with Crippen LogP contribution in [0.3, 0.4) is 0 Å². The molecule has 29 heavy (non-hydrogen) atoms. The zero-order valence-corrected chi connectivity index (χ0v) is 17.1. The van der Waals surface area contributed by atoms with E-state index in [1.54, 1.807) is 30.3 Å². The van der Waals surface area contributed by atoms with E-state index >= 15 is 0 Å². The highest BCUT2D eigenvalue weighted by Crippen LogP contribution is 2.27. The van der Waals surface area contributed by atoms with Gasteiger partial charge in [0.05, 0.1) is 22.6 Å². The van der Waals surface area contributed by atoms with Crippen molar-refractivity contribution in [2.45, 2.75) is 4.90 Å². The van der Waals surface area contributed by atoms with E-state index in [9.17, 15) is 9.59 Å². The number of hydrazone groups is 1. The Kier molecular flexibility index (Phi) is 6.98. The molecule has 2 aromatic carbocycles. The minimum Gasteiger partial charge on any atom is -0.478 e. The predicted molar refractivity (Wildman–Crippen MR) is 114 cm³/mol. The lowest BCUT2D eigenvalue weighted by Gasteiger charge is -2.02. The number of furan rings is 1. The molecular formula is C20H14Cl2N2O4S. The SMILES string of the molecule is O=C(CSc1ccc(Cl)cc1)N/N=C\c1ccc(-c2ccc(C(=O)O)c(Cl)c2)o1. The molecule has 0 fully saturated rings. The number of carbonyl (C=O) groups is 2. The fourth-order valence-electron chi connectivity index (χ4n) is 2.30. The molecule has 3 rings (SSSR count). The van der Waals surface area contributed by atoms with Crippen LogP contribution >= 0.6 is 35.0 Å². The Balaban J connectivity index is 1.55. The minimum absolute atomic E-state index is 0.0166. The van der Waals surface area contributed by atoms with Gasteiger partial charge in [-0.25, -0.2) is 10.2 Å². The smallest absolute Gasteiger partial charge is 0.337 e. The van der Waals surface area contributed by atoms with Gasteiger partial charge in [-0.15, -0.1) is 11.8 Å². The van der Waals surface area contributed by atoms with Crippen LogP contribution in [0.25, 0.3) is 11.3 Å². The molecule has 0 aliphatic carbocycles. The molecule has 0 aliphatic heterocycles. The predicted octanol–water partition coefficient (Wildman–Crippen LogP) is 5.19. The minimum atomic E-state index is -1.10. The van der Waals surface area contributed by atoms with E-state index in [1.165, 1.54) is 30.1 Å². The highest BCUT2D eigenvalue weighted by molar-refractivity contribution is 8.00. The Morgan fingerprint density at radius 3 is 2.55 bits per heavy atom. The van der Waals surface area contributed by atoms with Gasteiger partial charge in [0.25, 0.3) is 0 Å². The Morgan fingerprint density at radius 1 is 1.10 bits per heavy atom. The summed E-state index contributed by atoms with van der Waals surface area (Å²) in [5.74, 6) is -0.238. The second-order valence-electron chi connectivity index (χ2n) is 5.74. The molecule has 9 heteroatoms. The molecule has 1 amide bonds. The number of benzene rings is 2. The Morgan fingerprint density at radius 2 is 1.86 bits per heavy atom. The van der Waals surface area contributed by atoms with E-state index in [1.807, 2.05) is 12.1 Å². The quantitative estimate of drug-likeness (QED) is 0.294. The van der Waals surface area contributed by atoms with E-state index in [0.717, 1.165) is 4.90 Å². The van der Waals surface area contributed by atoms with Gasteiger partial charge in [0, 0.05) is 15.5 Å². The average Bonchev–Trinajstić information content (AvgIpc) is 3.16. The standard InChI is InChI=1S/C20H14Cl2N2O4S/c21-13-2-5-15(6-3-13)29-11-19(25)24-23-10-14-4-8-18(28-14)12-1-7-16(20(26)27)17(22)9-12/h1-10H,11H2,(H,24,25)(H,26,27)/b23-10-. The van der Waals surface area contributed by atoms with Gasteiger partial charge in [-0.2, -0.15) is 5.10 Å². The first-order valence-corrected chi connectivity index (χ1v) is 10.00. The molecule has 0 saturated heterocycles. The number of halogens is 2. The summed E-state index contributed by atoms with van der Waals surface area (Å²) in [6.07, 6.45) is 1.38. The largest absolute Gasteiger partial charge is 0.478 e. The molecule has 0 unspecified atom stereocenters. The number of thioether (sulfide) groups is 1. The van der Waals surface area contributed by atoms with E-state index in [-0.39, 0.29) is 22.2 Å². The van der Waals surface area contributed by atoms with Crippen LogP contribution in [0.4, 0.5) is 0 Å². The molecule has 2 N–H and O–H groups in total. The maximum Gasteiger partial charge on any atom is 0.337 e. The maximum atomic E-state index is 11.9. The summed E-state index contributed by atoms with van der Waals surface area (Å²) in [5.41, 5.74) is 3.07. The highest BCUT2D eigenvalue weighted by atomic mass is 35.5. The van der Waals surface area contributed by atoms with Crippen molar-refractivity contribution in [2.24, 2.45) is 5.10 Å². The van der Waals surface area contributed by atoms with Gasteiger partial charge in [0.1, 0.15) is 11.5 Å². The monoisotopic (exact) mass is 448 g/mol. The molecule has 1 aromatic heterocycles. The topological polar surface area (TPSA) is 91.9 Å². The van der Waals surface area contributed by atoms with Crippen molar-refractivity contribution < 1.29 is 19.1 Å². The summed E-state index contributed by atoms with van der Waals surface area (Å²) in [4.78, 5) is 23.8. The Bertz CT molecular complexity index is 1060. The third-order valence-corrected chi connectivity index (χ3v) is 5.25. The van der Waals surface area contributed by atoms with E-state index in [2.05, 4.69) is 10.5 Å². The van der Waals surface area contributed by atoms with Crippen LogP contribution in [-0.4, -0.2) is 29.0 Å². The number of carboxylic acids is 1. The van der Waals surface area contributed by atoms with E-state index in [0.29, 0.717) is 22.1 Å². The second-order valence-corrected chi connectivity index (χ2v) is 7.63. The van der Waals surface area contributed by atoms with E-state index in [4.69, 9.17) is 32.7 Å². The first-order valence-electron chi connectivity index (χ1n) is 8.25. The maximum absolute atomic E-state index is 11.9. The molecule has 0 aliphatic rings. The number of nitrogens with zero attached hydrogens (tertiary/aromatic N) is 1. The summed E-state index contributed by atoms with van der Waals surface area (Å²) in [7, 11) is 0. The van der Waals surface area contributed by atoms with Gasteiger partial charge >= 0.3 is 5.97 Å². The highest BCUT2D eigenvalue weighted by Gasteiger charge is 2.11. The molecule has 3 aromatic rings. The number of amides is 1. The fourth-order valence-corrected chi connectivity index (χ4v) is 3.38. The van der Waals surface area contributed by atoms with Crippen LogP contribution in [0.1, 0.15) is 16.1 Å². The Hall–Kier alpha value is -2.74. The number of aromatic carboxylic acids is 1. The number of carboxylic acid groups (broad SMARTS) is 1.